The second kappa shape index (κ2) is 7.24. The molecule has 2 heterocycles. The van der Waals surface area contributed by atoms with E-state index in [0.717, 1.165) is 23.4 Å². The molecule has 1 amide bonds. The van der Waals surface area contributed by atoms with Gasteiger partial charge in [-0.3, -0.25) is 9.89 Å². The summed E-state index contributed by atoms with van der Waals surface area (Å²) in [5.41, 5.74) is 2.67. The zero-order valence-corrected chi connectivity index (χ0v) is 13.8. The average Bonchev–Trinajstić information content (AvgIpc) is 3.24. The lowest BCUT2D eigenvalue weighted by molar-refractivity contribution is 0.0939. The Morgan fingerprint density at radius 2 is 2.09 bits per heavy atom. The molecular formula is C18H19N3OS. The van der Waals surface area contributed by atoms with E-state index in [-0.39, 0.29) is 11.9 Å². The van der Waals surface area contributed by atoms with Crippen LogP contribution in [0.5, 0.6) is 0 Å². The first-order valence-corrected chi connectivity index (χ1v) is 8.54. The van der Waals surface area contributed by atoms with Crippen molar-refractivity contribution in [3.8, 4) is 10.6 Å². The molecule has 0 aliphatic heterocycles. The van der Waals surface area contributed by atoms with Crippen molar-refractivity contribution in [1.82, 2.24) is 15.5 Å². The highest BCUT2D eigenvalue weighted by molar-refractivity contribution is 7.13. The molecule has 0 bridgehead atoms. The van der Waals surface area contributed by atoms with E-state index in [4.69, 9.17) is 0 Å². The molecule has 0 saturated heterocycles. The van der Waals surface area contributed by atoms with Crippen molar-refractivity contribution in [2.75, 3.05) is 0 Å². The average molecular weight is 325 g/mol. The smallest absolute Gasteiger partial charge is 0.255 e. The summed E-state index contributed by atoms with van der Waals surface area (Å²) in [5, 5.41) is 12.0. The molecular weight excluding hydrogens is 306 g/mol. The molecule has 23 heavy (non-hydrogen) atoms. The Hall–Kier alpha value is -2.40. The summed E-state index contributed by atoms with van der Waals surface area (Å²) in [4.78, 5) is 13.5. The van der Waals surface area contributed by atoms with Crippen molar-refractivity contribution in [1.29, 1.82) is 0 Å². The first kappa shape index (κ1) is 15.5. The van der Waals surface area contributed by atoms with E-state index in [0.29, 0.717) is 5.56 Å². The SMILES string of the molecule is CC(CCc1ccccc1)NC(=O)c1cn[nH]c1-c1cccs1. The Kier molecular flexibility index (Phi) is 4.88. The fourth-order valence-electron chi connectivity index (χ4n) is 2.47. The maximum atomic E-state index is 12.5. The molecule has 3 rings (SSSR count). The molecule has 118 valence electrons. The summed E-state index contributed by atoms with van der Waals surface area (Å²) in [7, 11) is 0. The van der Waals surface area contributed by atoms with E-state index in [1.54, 1.807) is 17.5 Å². The summed E-state index contributed by atoms with van der Waals surface area (Å²) >= 11 is 1.59. The third-order valence-corrected chi connectivity index (χ3v) is 4.63. The summed E-state index contributed by atoms with van der Waals surface area (Å²) in [6.07, 6.45) is 3.45. The number of aromatic nitrogens is 2. The van der Waals surface area contributed by atoms with E-state index in [1.807, 2.05) is 42.6 Å². The van der Waals surface area contributed by atoms with E-state index < -0.39 is 0 Å². The third-order valence-electron chi connectivity index (χ3n) is 3.74. The van der Waals surface area contributed by atoms with Crippen LogP contribution in [0.4, 0.5) is 0 Å². The minimum atomic E-state index is -0.0808. The molecule has 0 aliphatic rings. The fourth-order valence-corrected chi connectivity index (χ4v) is 3.20. The van der Waals surface area contributed by atoms with Crippen LogP contribution >= 0.6 is 11.3 Å². The molecule has 1 atom stereocenters. The minimum Gasteiger partial charge on any atom is -0.349 e. The zero-order valence-electron chi connectivity index (χ0n) is 13.0. The van der Waals surface area contributed by atoms with Gasteiger partial charge in [-0.15, -0.1) is 11.3 Å². The maximum absolute atomic E-state index is 12.5. The number of aromatic amines is 1. The highest BCUT2D eigenvalue weighted by Gasteiger charge is 2.17. The number of amides is 1. The number of carbonyl (C=O) groups excluding carboxylic acids is 1. The molecule has 2 aromatic heterocycles. The fraction of sp³-hybridized carbons (Fsp3) is 0.222. The second-order valence-corrected chi connectivity index (χ2v) is 6.48. The van der Waals surface area contributed by atoms with Gasteiger partial charge in [-0.25, -0.2) is 0 Å². The number of benzene rings is 1. The molecule has 1 unspecified atom stereocenters. The summed E-state index contributed by atoms with van der Waals surface area (Å²) in [6, 6.07) is 14.4. The summed E-state index contributed by atoms with van der Waals surface area (Å²) in [5.74, 6) is -0.0808. The van der Waals surface area contributed by atoms with Crippen molar-refractivity contribution in [3.63, 3.8) is 0 Å². The standard InChI is InChI=1S/C18H19N3OS/c1-13(9-10-14-6-3-2-4-7-14)20-18(22)15-12-19-21-17(15)16-8-5-11-23-16/h2-8,11-13H,9-10H2,1H3,(H,19,21)(H,20,22). The predicted molar refractivity (Wildman–Crippen MR) is 93.6 cm³/mol. The Morgan fingerprint density at radius 3 is 2.83 bits per heavy atom. The molecule has 1 aromatic carbocycles. The highest BCUT2D eigenvalue weighted by Crippen LogP contribution is 2.25. The molecule has 4 nitrogen and oxygen atoms in total. The normalized spacial score (nSPS) is 12.0. The van der Waals surface area contributed by atoms with Crippen LogP contribution in [0.3, 0.4) is 0 Å². The highest BCUT2D eigenvalue weighted by atomic mass is 32.1. The van der Waals surface area contributed by atoms with Gasteiger partial charge in [0.2, 0.25) is 0 Å². The van der Waals surface area contributed by atoms with Gasteiger partial charge in [0, 0.05) is 6.04 Å². The lowest BCUT2D eigenvalue weighted by Gasteiger charge is -2.13. The second-order valence-electron chi connectivity index (χ2n) is 5.53. The van der Waals surface area contributed by atoms with Crippen molar-refractivity contribution >= 4 is 17.2 Å². The number of carbonyl (C=O) groups is 1. The molecule has 0 saturated carbocycles. The molecule has 0 spiro atoms. The predicted octanol–water partition coefficient (Wildman–Crippen LogP) is 3.89. The molecule has 3 aromatic rings. The van der Waals surface area contributed by atoms with Crippen molar-refractivity contribution in [3.05, 3.63) is 65.2 Å². The van der Waals surface area contributed by atoms with Gasteiger partial charge in [-0.2, -0.15) is 5.10 Å². The number of thiophene rings is 1. The van der Waals surface area contributed by atoms with Crippen molar-refractivity contribution in [2.24, 2.45) is 0 Å². The van der Waals surface area contributed by atoms with Crippen molar-refractivity contribution < 1.29 is 4.79 Å². The molecule has 0 aliphatic carbocycles. The molecule has 5 heteroatoms. The molecule has 2 N–H and O–H groups in total. The Labute approximate surface area is 139 Å². The van der Waals surface area contributed by atoms with E-state index in [1.165, 1.54) is 5.56 Å². The number of hydrogen-bond acceptors (Lipinski definition) is 3. The largest absolute Gasteiger partial charge is 0.349 e. The van der Waals surface area contributed by atoms with Crippen LogP contribution in [0.15, 0.2) is 54.0 Å². The Balaban J connectivity index is 1.60. The van der Waals surface area contributed by atoms with Gasteiger partial charge in [0.05, 0.1) is 22.3 Å². The Bertz CT molecular complexity index is 750. The number of nitrogens with zero attached hydrogens (tertiary/aromatic N) is 1. The van der Waals surface area contributed by atoms with Gasteiger partial charge in [-0.1, -0.05) is 36.4 Å². The first-order chi connectivity index (χ1) is 11.2. The topological polar surface area (TPSA) is 57.8 Å². The number of nitrogens with one attached hydrogen (secondary N) is 2. The Morgan fingerprint density at radius 1 is 1.26 bits per heavy atom. The lowest BCUT2D eigenvalue weighted by atomic mass is 10.1. The molecule has 0 radical (unpaired) electrons. The lowest BCUT2D eigenvalue weighted by Crippen LogP contribution is -2.33. The number of rotatable bonds is 6. The van der Waals surface area contributed by atoms with Gasteiger partial charge < -0.3 is 5.32 Å². The van der Waals surface area contributed by atoms with Gasteiger partial charge in [0.1, 0.15) is 0 Å². The first-order valence-electron chi connectivity index (χ1n) is 7.66. The summed E-state index contributed by atoms with van der Waals surface area (Å²) in [6.45, 7) is 2.03. The van der Waals surface area contributed by atoms with Crippen LogP contribution < -0.4 is 5.32 Å². The third kappa shape index (κ3) is 3.87. The van der Waals surface area contributed by atoms with Crippen LogP contribution in [0, 0.1) is 0 Å². The number of H-pyrrole nitrogens is 1. The quantitative estimate of drug-likeness (QED) is 0.722. The summed E-state index contributed by atoms with van der Waals surface area (Å²) < 4.78 is 0. The van der Waals surface area contributed by atoms with Gasteiger partial charge >= 0.3 is 0 Å². The van der Waals surface area contributed by atoms with Crippen LogP contribution in [-0.2, 0) is 6.42 Å². The van der Waals surface area contributed by atoms with Crippen LogP contribution in [0.2, 0.25) is 0 Å². The number of hydrogen-bond donors (Lipinski definition) is 2. The van der Waals surface area contributed by atoms with Crippen LogP contribution in [-0.4, -0.2) is 22.1 Å². The van der Waals surface area contributed by atoms with E-state index >= 15 is 0 Å². The van der Waals surface area contributed by atoms with E-state index in [2.05, 4.69) is 27.6 Å². The molecule has 0 fully saturated rings. The number of aryl methyl sites for hydroxylation is 1. The van der Waals surface area contributed by atoms with Gasteiger partial charge in [-0.05, 0) is 36.8 Å². The van der Waals surface area contributed by atoms with Crippen LogP contribution in [0.1, 0.15) is 29.3 Å². The monoisotopic (exact) mass is 325 g/mol. The van der Waals surface area contributed by atoms with Crippen molar-refractivity contribution in [2.45, 2.75) is 25.8 Å². The van der Waals surface area contributed by atoms with Gasteiger partial charge in [0.15, 0.2) is 0 Å². The minimum absolute atomic E-state index is 0.0808. The zero-order chi connectivity index (χ0) is 16.1. The van der Waals surface area contributed by atoms with E-state index in [9.17, 15) is 4.79 Å². The maximum Gasteiger partial charge on any atom is 0.255 e. The van der Waals surface area contributed by atoms with Gasteiger partial charge in [0.25, 0.3) is 5.91 Å². The van der Waals surface area contributed by atoms with Crippen LogP contribution in [0.25, 0.3) is 10.6 Å².